The van der Waals surface area contributed by atoms with Gasteiger partial charge < -0.3 is 4.57 Å². The third-order valence-electron chi connectivity index (χ3n) is 11.2. The van der Waals surface area contributed by atoms with E-state index in [2.05, 4.69) is 211 Å². The second kappa shape index (κ2) is 12.7. The number of pyridine rings is 1. The van der Waals surface area contributed by atoms with Gasteiger partial charge in [0.05, 0.1) is 22.4 Å². The van der Waals surface area contributed by atoms with Crippen molar-refractivity contribution in [2.75, 3.05) is 0 Å². The van der Waals surface area contributed by atoms with Crippen LogP contribution in [0.4, 0.5) is 0 Å². The van der Waals surface area contributed by atoms with E-state index >= 15 is 0 Å². The first-order valence-electron chi connectivity index (χ1n) is 18.9. The maximum Gasteiger partial charge on any atom is 0.0715 e. The summed E-state index contributed by atoms with van der Waals surface area (Å²) in [5.74, 6) is 0. The predicted octanol–water partition coefficient (Wildman–Crippen LogP) is 14.3. The lowest BCUT2D eigenvalue weighted by molar-refractivity contribution is 1.18. The van der Waals surface area contributed by atoms with Crippen LogP contribution in [0.25, 0.3) is 105 Å². The van der Waals surface area contributed by atoms with Crippen LogP contribution in [0.2, 0.25) is 0 Å². The van der Waals surface area contributed by atoms with Gasteiger partial charge in [-0.25, -0.2) is 4.98 Å². The smallest absolute Gasteiger partial charge is 0.0715 e. The summed E-state index contributed by atoms with van der Waals surface area (Å²) in [4.78, 5) is 5.16. The molecule has 0 saturated heterocycles. The molecule has 0 aliphatic carbocycles. The number of nitrogens with zero attached hydrogens (tertiary/aromatic N) is 2. The Morgan fingerprint density at radius 2 is 0.818 bits per heavy atom. The van der Waals surface area contributed by atoms with Crippen LogP contribution in [0.5, 0.6) is 0 Å². The predicted molar refractivity (Wildman–Crippen MR) is 233 cm³/mol. The van der Waals surface area contributed by atoms with E-state index in [1.165, 1.54) is 76.5 Å². The van der Waals surface area contributed by atoms with Gasteiger partial charge in [-0.1, -0.05) is 158 Å². The van der Waals surface area contributed by atoms with Crippen LogP contribution in [-0.2, 0) is 0 Å². The molecule has 0 radical (unpaired) electrons. The largest absolute Gasteiger partial charge is 0.309 e. The maximum absolute atomic E-state index is 5.16. The Bertz CT molecular complexity index is 3180. The molecule has 2 nitrogen and oxygen atoms in total. The summed E-state index contributed by atoms with van der Waals surface area (Å²) in [6.45, 7) is 0. The zero-order chi connectivity index (χ0) is 36.3. The summed E-state index contributed by atoms with van der Waals surface area (Å²) >= 11 is 0. The van der Waals surface area contributed by atoms with Gasteiger partial charge in [0, 0.05) is 27.6 Å². The van der Waals surface area contributed by atoms with Gasteiger partial charge in [0.25, 0.3) is 0 Å². The van der Waals surface area contributed by atoms with Crippen LogP contribution < -0.4 is 0 Å². The number of fused-ring (bicyclic) bond motifs is 9. The number of hydrogen-bond donors (Lipinski definition) is 0. The molecule has 11 aromatic rings. The molecular formula is C53H34N2. The van der Waals surface area contributed by atoms with Crippen molar-refractivity contribution in [3.05, 3.63) is 206 Å². The molecule has 2 aromatic heterocycles. The van der Waals surface area contributed by atoms with Crippen molar-refractivity contribution in [2.24, 2.45) is 0 Å². The van der Waals surface area contributed by atoms with Gasteiger partial charge in [-0.2, -0.15) is 0 Å². The highest BCUT2D eigenvalue weighted by atomic mass is 15.0. The summed E-state index contributed by atoms with van der Waals surface area (Å²) in [5, 5.41) is 10.1. The first kappa shape index (κ1) is 31.3. The fraction of sp³-hybridized carbons (Fsp3) is 0. The molecule has 0 saturated carbocycles. The van der Waals surface area contributed by atoms with Gasteiger partial charge in [0.1, 0.15) is 0 Å². The second-order valence-electron chi connectivity index (χ2n) is 14.3. The van der Waals surface area contributed by atoms with Gasteiger partial charge in [0.15, 0.2) is 0 Å². The van der Waals surface area contributed by atoms with Crippen LogP contribution in [-0.4, -0.2) is 9.55 Å². The molecule has 9 aromatic carbocycles. The number of para-hydroxylation sites is 2. The summed E-state index contributed by atoms with van der Waals surface area (Å²) < 4.78 is 2.38. The van der Waals surface area contributed by atoms with Crippen molar-refractivity contribution < 1.29 is 0 Å². The fourth-order valence-corrected chi connectivity index (χ4v) is 8.63. The van der Waals surface area contributed by atoms with E-state index in [0.717, 1.165) is 28.1 Å². The molecule has 0 fully saturated rings. The number of benzene rings is 9. The normalized spacial score (nSPS) is 11.6. The van der Waals surface area contributed by atoms with E-state index in [0.29, 0.717) is 0 Å². The summed E-state index contributed by atoms with van der Waals surface area (Å²) in [6, 6.07) is 74.6. The molecule has 0 aliphatic rings. The minimum Gasteiger partial charge on any atom is -0.309 e. The van der Waals surface area contributed by atoms with Crippen LogP contribution in [0.15, 0.2) is 206 Å². The Labute approximate surface area is 319 Å². The van der Waals surface area contributed by atoms with E-state index in [4.69, 9.17) is 4.98 Å². The molecule has 0 unspecified atom stereocenters. The van der Waals surface area contributed by atoms with E-state index in [-0.39, 0.29) is 0 Å². The monoisotopic (exact) mass is 698 g/mol. The lowest BCUT2D eigenvalue weighted by atomic mass is 9.88. The Balaban J connectivity index is 1.15. The van der Waals surface area contributed by atoms with Crippen molar-refractivity contribution in [2.45, 2.75) is 0 Å². The molecule has 55 heavy (non-hydrogen) atoms. The highest BCUT2D eigenvalue weighted by molar-refractivity contribution is 6.29. The maximum atomic E-state index is 5.16. The third-order valence-corrected chi connectivity index (χ3v) is 11.2. The molecule has 0 spiro atoms. The minimum absolute atomic E-state index is 0.965. The van der Waals surface area contributed by atoms with Crippen molar-refractivity contribution in [1.29, 1.82) is 0 Å². The molecule has 0 bridgehead atoms. The molecule has 11 rings (SSSR count). The molecule has 256 valence electrons. The zero-order valence-electron chi connectivity index (χ0n) is 30.0. The lowest BCUT2D eigenvalue weighted by Gasteiger charge is -2.16. The molecule has 2 heteroatoms. The lowest BCUT2D eigenvalue weighted by Crippen LogP contribution is -1.93. The highest BCUT2D eigenvalue weighted by Gasteiger charge is 2.17. The highest BCUT2D eigenvalue weighted by Crippen LogP contribution is 2.43. The Morgan fingerprint density at radius 1 is 0.291 bits per heavy atom. The third kappa shape index (κ3) is 5.15. The summed E-state index contributed by atoms with van der Waals surface area (Å²) in [6.07, 6.45) is 0. The topological polar surface area (TPSA) is 17.8 Å². The molecule has 0 aliphatic heterocycles. The van der Waals surface area contributed by atoms with E-state index in [9.17, 15) is 0 Å². The van der Waals surface area contributed by atoms with Crippen LogP contribution in [0.1, 0.15) is 0 Å². The SMILES string of the molecule is c1ccc(-c2cc(-c3ccc4c(c3)c3ccccc3c3cccc(-c5ccc6c(c5)c5ccccc5n6-c5ccccc5)c34)cc(-c3ccccc3)n2)cc1. The Kier molecular flexibility index (Phi) is 7.21. The Hall–Kier alpha value is -7.29. The molecular weight excluding hydrogens is 665 g/mol. The van der Waals surface area contributed by atoms with Crippen molar-refractivity contribution in [3.63, 3.8) is 0 Å². The van der Waals surface area contributed by atoms with Gasteiger partial charge >= 0.3 is 0 Å². The average molecular weight is 699 g/mol. The first-order chi connectivity index (χ1) is 27.3. The van der Waals surface area contributed by atoms with Gasteiger partial charge in [-0.15, -0.1) is 0 Å². The zero-order valence-corrected chi connectivity index (χ0v) is 30.0. The molecule has 0 amide bonds. The quantitative estimate of drug-likeness (QED) is 0.164. The van der Waals surface area contributed by atoms with Crippen molar-refractivity contribution in [3.8, 4) is 50.5 Å². The van der Waals surface area contributed by atoms with E-state index in [1.54, 1.807) is 0 Å². The van der Waals surface area contributed by atoms with Crippen LogP contribution >= 0.6 is 0 Å². The van der Waals surface area contributed by atoms with E-state index in [1.807, 2.05) is 0 Å². The number of rotatable bonds is 5. The molecule has 0 N–H and O–H groups in total. The van der Waals surface area contributed by atoms with Crippen molar-refractivity contribution >= 4 is 54.1 Å². The number of aromatic nitrogens is 2. The average Bonchev–Trinajstić information content (AvgIpc) is 3.60. The fourth-order valence-electron chi connectivity index (χ4n) is 8.63. The van der Waals surface area contributed by atoms with Crippen LogP contribution in [0, 0.1) is 0 Å². The van der Waals surface area contributed by atoms with Crippen LogP contribution in [0.3, 0.4) is 0 Å². The first-order valence-corrected chi connectivity index (χ1v) is 18.9. The van der Waals surface area contributed by atoms with Gasteiger partial charge in [-0.05, 0) is 103 Å². The Morgan fingerprint density at radius 3 is 1.53 bits per heavy atom. The molecule has 2 heterocycles. The number of hydrogen-bond acceptors (Lipinski definition) is 1. The van der Waals surface area contributed by atoms with E-state index < -0.39 is 0 Å². The standard InChI is InChI=1S/C53H34N2/c1-4-15-35(16-5-1)49-33-39(34-50(54-49)36-17-6-2-7-18-36)37-27-29-46-47(31-37)43-22-11-10-21-42(43)45-25-14-24-41(53(45)46)38-28-30-52-48(32-38)44-23-12-13-26-51(44)55(52)40-19-8-3-9-20-40/h1-34H. The van der Waals surface area contributed by atoms with Crippen molar-refractivity contribution in [1.82, 2.24) is 9.55 Å². The molecule has 0 atom stereocenters. The second-order valence-corrected chi connectivity index (χ2v) is 14.3. The van der Waals surface area contributed by atoms with Gasteiger partial charge in [0.2, 0.25) is 0 Å². The summed E-state index contributed by atoms with van der Waals surface area (Å²) in [5.41, 5.74) is 12.5. The minimum atomic E-state index is 0.965. The van der Waals surface area contributed by atoms with Gasteiger partial charge in [-0.3, -0.25) is 0 Å². The summed E-state index contributed by atoms with van der Waals surface area (Å²) in [7, 11) is 0.